The van der Waals surface area contributed by atoms with Gasteiger partial charge in [0.05, 0.1) is 5.01 Å². The SMILES string of the molecule is C=CC(C)(CNCCC)Cc1nccs1. The Hall–Kier alpha value is -0.670. The zero-order valence-corrected chi connectivity index (χ0v) is 10.4. The van der Waals surface area contributed by atoms with Crippen molar-refractivity contribution in [3.05, 3.63) is 29.2 Å². The lowest BCUT2D eigenvalue weighted by Gasteiger charge is -2.25. The Balaban J connectivity index is 2.48. The van der Waals surface area contributed by atoms with Gasteiger partial charge in [0.25, 0.3) is 0 Å². The number of thiazole rings is 1. The van der Waals surface area contributed by atoms with Crippen LogP contribution in [0.3, 0.4) is 0 Å². The molecule has 3 heteroatoms. The Morgan fingerprint density at radius 2 is 2.47 bits per heavy atom. The Labute approximate surface area is 96.4 Å². The predicted molar refractivity (Wildman–Crippen MR) is 67.3 cm³/mol. The molecule has 1 unspecified atom stereocenters. The van der Waals surface area contributed by atoms with Gasteiger partial charge in [-0.2, -0.15) is 0 Å². The van der Waals surface area contributed by atoms with Crippen LogP contribution in [0.4, 0.5) is 0 Å². The van der Waals surface area contributed by atoms with Crippen molar-refractivity contribution in [2.45, 2.75) is 26.7 Å². The van der Waals surface area contributed by atoms with E-state index in [0.29, 0.717) is 0 Å². The molecule has 84 valence electrons. The second-order valence-electron chi connectivity index (χ2n) is 4.14. The maximum atomic E-state index is 4.32. The first-order chi connectivity index (χ1) is 7.20. The van der Waals surface area contributed by atoms with E-state index < -0.39 is 0 Å². The third-order valence-corrected chi connectivity index (χ3v) is 3.27. The molecule has 1 rings (SSSR count). The molecule has 1 heterocycles. The number of hydrogen-bond acceptors (Lipinski definition) is 3. The Morgan fingerprint density at radius 1 is 1.67 bits per heavy atom. The number of rotatable bonds is 7. The van der Waals surface area contributed by atoms with E-state index in [9.17, 15) is 0 Å². The molecule has 1 aromatic heterocycles. The van der Waals surface area contributed by atoms with Gasteiger partial charge in [-0.15, -0.1) is 17.9 Å². The van der Waals surface area contributed by atoms with Crippen molar-refractivity contribution >= 4 is 11.3 Å². The number of nitrogens with zero attached hydrogens (tertiary/aromatic N) is 1. The zero-order chi connectivity index (χ0) is 11.1. The second kappa shape index (κ2) is 6.03. The number of nitrogens with one attached hydrogen (secondary N) is 1. The van der Waals surface area contributed by atoms with E-state index in [4.69, 9.17) is 0 Å². The summed E-state index contributed by atoms with van der Waals surface area (Å²) < 4.78 is 0. The highest BCUT2D eigenvalue weighted by Crippen LogP contribution is 2.24. The molecule has 0 aromatic carbocycles. The molecule has 1 atom stereocenters. The first-order valence-corrected chi connectivity index (χ1v) is 6.31. The van der Waals surface area contributed by atoms with E-state index in [-0.39, 0.29) is 5.41 Å². The highest BCUT2D eigenvalue weighted by Gasteiger charge is 2.21. The zero-order valence-electron chi connectivity index (χ0n) is 9.62. The van der Waals surface area contributed by atoms with Gasteiger partial charge in [0.2, 0.25) is 0 Å². The summed E-state index contributed by atoms with van der Waals surface area (Å²) in [6, 6.07) is 0. The minimum atomic E-state index is 0.118. The van der Waals surface area contributed by atoms with Crippen molar-refractivity contribution in [2.75, 3.05) is 13.1 Å². The van der Waals surface area contributed by atoms with Crippen LogP contribution in [0, 0.1) is 5.41 Å². The van der Waals surface area contributed by atoms with Crippen LogP contribution in [-0.4, -0.2) is 18.1 Å². The van der Waals surface area contributed by atoms with Gasteiger partial charge in [-0.25, -0.2) is 4.98 Å². The lowest BCUT2D eigenvalue weighted by Crippen LogP contribution is -2.32. The van der Waals surface area contributed by atoms with Crippen molar-refractivity contribution in [1.29, 1.82) is 0 Å². The Kier molecular flexibility index (Phi) is 4.99. The summed E-state index contributed by atoms with van der Waals surface area (Å²) in [6.45, 7) is 10.4. The van der Waals surface area contributed by atoms with E-state index in [1.165, 1.54) is 11.4 Å². The van der Waals surface area contributed by atoms with Crippen LogP contribution >= 0.6 is 11.3 Å². The molecule has 0 saturated carbocycles. The highest BCUT2D eigenvalue weighted by molar-refractivity contribution is 7.09. The van der Waals surface area contributed by atoms with Crippen LogP contribution in [0.15, 0.2) is 24.2 Å². The van der Waals surface area contributed by atoms with Crippen molar-refractivity contribution in [1.82, 2.24) is 10.3 Å². The smallest absolute Gasteiger partial charge is 0.0933 e. The number of hydrogen-bond donors (Lipinski definition) is 1. The van der Waals surface area contributed by atoms with E-state index in [1.807, 2.05) is 17.7 Å². The fourth-order valence-electron chi connectivity index (χ4n) is 1.44. The summed E-state index contributed by atoms with van der Waals surface area (Å²) in [7, 11) is 0. The Morgan fingerprint density at radius 3 is 3.00 bits per heavy atom. The van der Waals surface area contributed by atoms with Crippen LogP contribution in [-0.2, 0) is 6.42 Å². The predicted octanol–water partition coefficient (Wildman–Crippen LogP) is 2.88. The highest BCUT2D eigenvalue weighted by atomic mass is 32.1. The largest absolute Gasteiger partial charge is 0.316 e. The first-order valence-electron chi connectivity index (χ1n) is 5.43. The molecule has 0 saturated heterocycles. The van der Waals surface area contributed by atoms with Crippen LogP contribution in [0.5, 0.6) is 0 Å². The summed E-state index contributed by atoms with van der Waals surface area (Å²) in [5.74, 6) is 0. The van der Waals surface area contributed by atoms with Crippen molar-refractivity contribution < 1.29 is 0 Å². The normalized spacial score (nSPS) is 14.8. The summed E-state index contributed by atoms with van der Waals surface area (Å²) in [5.41, 5.74) is 0.118. The van der Waals surface area contributed by atoms with Gasteiger partial charge in [0.15, 0.2) is 0 Å². The summed E-state index contributed by atoms with van der Waals surface area (Å²) >= 11 is 1.72. The van der Waals surface area contributed by atoms with Gasteiger partial charge in [0.1, 0.15) is 0 Å². The fraction of sp³-hybridized carbons (Fsp3) is 0.583. The molecule has 15 heavy (non-hydrogen) atoms. The molecule has 0 fully saturated rings. The molecule has 0 aliphatic heterocycles. The third-order valence-electron chi connectivity index (χ3n) is 2.49. The lowest BCUT2D eigenvalue weighted by molar-refractivity contribution is 0.391. The van der Waals surface area contributed by atoms with Gasteiger partial charge < -0.3 is 5.32 Å². The molecule has 2 nitrogen and oxygen atoms in total. The third kappa shape index (κ3) is 4.14. The second-order valence-corrected chi connectivity index (χ2v) is 5.12. The lowest BCUT2D eigenvalue weighted by atomic mass is 9.87. The van der Waals surface area contributed by atoms with Crippen LogP contribution in [0.2, 0.25) is 0 Å². The van der Waals surface area contributed by atoms with E-state index in [2.05, 4.69) is 30.7 Å². The quantitative estimate of drug-likeness (QED) is 0.569. The van der Waals surface area contributed by atoms with Gasteiger partial charge in [-0.3, -0.25) is 0 Å². The maximum Gasteiger partial charge on any atom is 0.0933 e. The topological polar surface area (TPSA) is 24.9 Å². The van der Waals surface area contributed by atoms with E-state index >= 15 is 0 Å². The number of aromatic nitrogens is 1. The molecule has 0 spiro atoms. The molecule has 0 bridgehead atoms. The summed E-state index contributed by atoms with van der Waals surface area (Å²) in [4.78, 5) is 4.32. The first kappa shape index (κ1) is 12.4. The molecule has 0 amide bonds. The van der Waals surface area contributed by atoms with Gasteiger partial charge in [-0.05, 0) is 13.0 Å². The van der Waals surface area contributed by atoms with Crippen molar-refractivity contribution in [3.8, 4) is 0 Å². The summed E-state index contributed by atoms with van der Waals surface area (Å²) in [6.07, 6.45) is 6.05. The molecular formula is C12H20N2S. The fourth-order valence-corrected chi connectivity index (χ4v) is 2.26. The van der Waals surface area contributed by atoms with E-state index in [1.54, 1.807) is 11.3 Å². The molecular weight excluding hydrogens is 204 g/mol. The van der Waals surface area contributed by atoms with Crippen molar-refractivity contribution in [2.24, 2.45) is 5.41 Å². The van der Waals surface area contributed by atoms with Crippen LogP contribution < -0.4 is 5.32 Å². The van der Waals surface area contributed by atoms with Crippen LogP contribution in [0.25, 0.3) is 0 Å². The van der Waals surface area contributed by atoms with E-state index in [0.717, 1.165) is 19.5 Å². The minimum absolute atomic E-state index is 0.118. The molecule has 0 aliphatic carbocycles. The van der Waals surface area contributed by atoms with Gasteiger partial charge in [0, 0.05) is 30.0 Å². The average molecular weight is 224 g/mol. The molecule has 1 N–H and O–H groups in total. The minimum Gasteiger partial charge on any atom is -0.316 e. The van der Waals surface area contributed by atoms with Crippen molar-refractivity contribution in [3.63, 3.8) is 0 Å². The molecule has 0 aliphatic rings. The molecule has 1 aromatic rings. The monoisotopic (exact) mass is 224 g/mol. The van der Waals surface area contributed by atoms with Gasteiger partial charge in [-0.1, -0.05) is 19.9 Å². The maximum absolute atomic E-state index is 4.32. The average Bonchev–Trinajstić information content (AvgIpc) is 2.71. The summed E-state index contributed by atoms with van der Waals surface area (Å²) in [5, 5.41) is 6.66. The standard InChI is InChI=1S/C12H20N2S/c1-4-6-13-10-12(3,5-2)9-11-14-7-8-15-11/h5,7-8,13H,2,4,6,9-10H2,1,3H3. The van der Waals surface area contributed by atoms with Crippen LogP contribution in [0.1, 0.15) is 25.3 Å². The van der Waals surface area contributed by atoms with Gasteiger partial charge >= 0.3 is 0 Å². The Bertz CT molecular complexity index is 282. The molecule has 0 radical (unpaired) electrons.